The van der Waals surface area contributed by atoms with Gasteiger partial charge in [0.1, 0.15) is 17.9 Å². The molecule has 3 rings (SSSR count). The highest BCUT2D eigenvalue weighted by molar-refractivity contribution is 9.10. The Kier molecular flexibility index (Phi) is 4.04. The molecule has 3 N–H and O–H groups in total. The first-order valence-electron chi connectivity index (χ1n) is 7.39. The highest BCUT2D eigenvalue weighted by Gasteiger charge is 2.50. The Labute approximate surface area is 147 Å². The average molecular weight is 389 g/mol. The number of carbonyl (C=O) groups excluding carboxylic acids is 2. The van der Waals surface area contributed by atoms with Gasteiger partial charge in [0.2, 0.25) is 0 Å². The van der Waals surface area contributed by atoms with E-state index < -0.39 is 11.6 Å². The van der Waals surface area contributed by atoms with Crippen molar-refractivity contribution in [3.8, 4) is 0 Å². The highest BCUT2D eigenvalue weighted by Crippen LogP contribution is 2.43. The molecule has 1 aliphatic heterocycles. The molecule has 7 heteroatoms. The lowest BCUT2D eigenvalue weighted by molar-refractivity contribution is -0.111. The van der Waals surface area contributed by atoms with Gasteiger partial charge in [0.25, 0.3) is 0 Å². The van der Waals surface area contributed by atoms with Crippen LogP contribution in [0.15, 0.2) is 46.0 Å². The largest absolute Gasteiger partial charge is 0.370 e. The average Bonchev–Trinajstić information content (AvgIpc) is 3.12. The minimum Gasteiger partial charge on any atom is -0.370 e. The number of nitrogens with one attached hydrogen (secondary N) is 1. The summed E-state index contributed by atoms with van der Waals surface area (Å²) in [5, 5.41) is 0. The summed E-state index contributed by atoms with van der Waals surface area (Å²) >= 11 is 3.46. The Morgan fingerprint density at radius 2 is 2.17 bits per heavy atom. The summed E-state index contributed by atoms with van der Waals surface area (Å²) in [6.07, 6.45) is 2.55. The number of aromatic amines is 1. The Morgan fingerprint density at radius 3 is 2.75 bits per heavy atom. The van der Waals surface area contributed by atoms with Crippen LogP contribution in [0.5, 0.6) is 0 Å². The maximum Gasteiger partial charge on any atom is 0.193 e. The Hall–Kier alpha value is -2.41. The molecule has 2 heterocycles. The van der Waals surface area contributed by atoms with Crippen molar-refractivity contribution in [2.24, 2.45) is 10.7 Å². The van der Waals surface area contributed by atoms with Crippen molar-refractivity contribution >= 4 is 34.0 Å². The molecule has 124 valence electrons. The minimum atomic E-state index is -1.01. The molecule has 24 heavy (non-hydrogen) atoms. The van der Waals surface area contributed by atoms with Crippen LogP contribution in [0.4, 0.5) is 0 Å². The molecule has 0 fully saturated rings. The smallest absolute Gasteiger partial charge is 0.193 e. The maximum absolute atomic E-state index is 11.9. The Bertz CT molecular complexity index is 845. The van der Waals surface area contributed by atoms with Crippen LogP contribution in [-0.4, -0.2) is 41.0 Å². The second kappa shape index (κ2) is 5.90. The van der Waals surface area contributed by atoms with Crippen LogP contribution in [0.3, 0.4) is 0 Å². The van der Waals surface area contributed by atoms with Crippen molar-refractivity contribution < 1.29 is 9.59 Å². The van der Waals surface area contributed by atoms with Crippen molar-refractivity contribution in [2.45, 2.75) is 18.5 Å². The van der Waals surface area contributed by atoms with Crippen molar-refractivity contribution in [2.75, 3.05) is 7.05 Å². The fraction of sp³-hybridized carbons (Fsp3) is 0.235. The first kappa shape index (κ1) is 16.4. The number of hydrogen-bond acceptors (Lipinski definition) is 5. The second-order valence-corrected chi connectivity index (χ2v) is 6.71. The van der Waals surface area contributed by atoms with Crippen molar-refractivity contribution in [3.05, 3.63) is 57.8 Å². The van der Waals surface area contributed by atoms with E-state index in [1.165, 1.54) is 6.92 Å². The van der Waals surface area contributed by atoms with E-state index in [0.29, 0.717) is 5.69 Å². The van der Waals surface area contributed by atoms with E-state index in [2.05, 4.69) is 25.9 Å². The lowest BCUT2D eigenvalue weighted by atomic mass is 9.79. The van der Waals surface area contributed by atoms with E-state index in [9.17, 15) is 9.59 Å². The molecule has 0 aliphatic carbocycles. The molecule has 6 nitrogen and oxygen atoms in total. The van der Waals surface area contributed by atoms with Crippen LogP contribution in [0.1, 0.15) is 28.5 Å². The Morgan fingerprint density at radius 1 is 1.42 bits per heavy atom. The summed E-state index contributed by atoms with van der Waals surface area (Å²) in [6.45, 7) is 1.48. The van der Waals surface area contributed by atoms with Gasteiger partial charge in [-0.1, -0.05) is 28.1 Å². The molecule has 0 saturated heterocycles. The van der Waals surface area contributed by atoms with E-state index >= 15 is 0 Å². The number of rotatable bonds is 4. The number of carbonyl (C=O) groups is 2. The lowest BCUT2D eigenvalue weighted by Crippen LogP contribution is -2.46. The Balaban J connectivity index is 2.29. The number of likely N-dealkylation sites (N-methyl/N-ethyl adjacent to an activating group) is 1. The normalized spacial score (nSPS) is 23.2. The molecule has 0 bridgehead atoms. The minimum absolute atomic E-state index is 0.0865. The number of nitrogens with zero attached hydrogens (tertiary/aromatic N) is 2. The number of ketones is 1. The third-order valence-corrected chi connectivity index (χ3v) is 4.89. The molecular weight excluding hydrogens is 372 g/mol. The van der Waals surface area contributed by atoms with Gasteiger partial charge < -0.3 is 20.4 Å². The number of aromatic nitrogens is 1. The molecule has 0 saturated carbocycles. The highest BCUT2D eigenvalue weighted by atomic mass is 79.9. The number of hydrogen-bond donors (Lipinski definition) is 2. The molecule has 2 atom stereocenters. The van der Waals surface area contributed by atoms with Crippen LogP contribution < -0.4 is 5.73 Å². The van der Waals surface area contributed by atoms with Gasteiger partial charge in [0.05, 0.1) is 5.69 Å². The predicted molar refractivity (Wildman–Crippen MR) is 95.0 cm³/mol. The zero-order chi connectivity index (χ0) is 17.5. The molecule has 2 aromatic rings. The zero-order valence-corrected chi connectivity index (χ0v) is 14.9. The lowest BCUT2D eigenvalue weighted by Gasteiger charge is -2.32. The maximum atomic E-state index is 11.9. The predicted octanol–water partition coefficient (Wildman–Crippen LogP) is 2.05. The number of nitrogens with two attached hydrogens (primary N) is 1. The van der Waals surface area contributed by atoms with E-state index in [4.69, 9.17) is 5.73 Å². The van der Waals surface area contributed by atoms with Gasteiger partial charge in [0.15, 0.2) is 11.7 Å². The topological polar surface area (TPSA) is 91.6 Å². The summed E-state index contributed by atoms with van der Waals surface area (Å²) in [7, 11) is 1.73. The van der Waals surface area contributed by atoms with Gasteiger partial charge in [-0.3, -0.25) is 4.79 Å². The van der Waals surface area contributed by atoms with Gasteiger partial charge >= 0.3 is 0 Å². The first-order chi connectivity index (χ1) is 11.4. The summed E-state index contributed by atoms with van der Waals surface area (Å²) in [6, 6.07) is 8.71. The summed E-state index contributed by atoms with van der Waals surface area (Å²) < 4.78 is 0.870. The van der Waals surface area contributed by atoms with Crippen LogP contribution in [0.25, 0.3) is 0 Å². The van der Waals surface area contributed by atoms with Crippen LogP contribution in [0, 0.1) is 0 Å². The third-order valence-electron chi connectivity index (χ3n) is 4.39. The number of Topliss-reactive ketones (excluding diaryl/α,β-unsaturated/α-hetero) is 1. The van der Waals surface area contributed by atoms with Gasteiger partial charge in [-0.05, 0) is 23.8 Å². The van der Waals surface area contributed by atoms with E-state index in [0.717, 1.165) is 21.9 Å². The molecule has 1 aromatic carbocycles. The van der Waals surface area contributed by atoms with Gasteiger partial charge in [-0.25, -0.2) is 4.99 Å². The second-order valence-electron chi connectivity index (χ2n) is 5.80. The monoisotopic (exact) mass is 388 g/mol. The van der Waals surface area contributed by atoms with Gasteiger partial charge in [0, 0.05) is 30.2 Å². The molecule has 0 radical (unpaired) electrons. The fourth-order valence-corrected chi connectivity index (χ4v) is 3.52. The number of aldehydes is 1. The number of guanidine groups is 1. The first-order valence-corrected chi connectivity index (χ1v) is 8.18. The number of halogens is 1. The van der Waals surface area contributed by atoms with Crippen molar-refractivity contribution in [3.63, 3.8) is 0 Å². The molecule has 0 spiro atoms. The van der Waals surface area contributed by atoms with Gasteiger partial charge in [-0.15, -0.1) is 0 Å². The SMILES string of the molecule is CC(=O)c1cc(C2(c3cccc(Br)c3)N=C(N)N(C)C2C=O)c[nH]1. The van der Waals surface area contributed by atoms with E-state index in [1.807, 2.05) is 24.3 Å². The summed E-state index contributed by atoms with van der Waals surface area (Å²) in [5.41, 5.74) is 7.02. The quantitative estimate of drug-likeness (QED) is 0.619. The third kappa shape index (κ3) is 2.36. The zero-order valence-electron chi connectivity index (χ0n) is 13.3. The van der Waals surface area contributed by atoms with Crippen LogP contribution in [-0.2, 0) is 10.3 Å². The van der Waals surface area contributed by atoms with Gasteiger partial charge in [-0.2, -0.15) is 0 Å². The van der Waals surface area contributed by atoms with E-state index in [-0.39, 0.29) is 11.7 Å². The van der Waals surface area contributed by atoms with Crippen molar-refractivity contribution in [1.29, 1.82) is 0 Å². The molecule has 0 amide bonds. The number of aliphatic imine (C=N–C) groups is 1. The summed E-state index contributed by atoms with van der Waals surface area (Å²) in [5.74, 6) is 0.189. The number of benzene rings is 1. The molecular formula is C17H17BrN4O2. The molecule has 2 unspecified atom stereocenters. The van der Waals surface area contributed by atoms with Crippen molar-refractivity contribution in [1.82, 2.24) is 9.88 Å². The van der Waals surface area contributed by atoms with Crippen LogP contribution >= 0.6 is 15.9 Å². The molecule has 1 aliphatic rings. The fourth-order valence-electron chi connectivity index (χ4n) is 3.12. The standard InChI is InChI=1S/C17H17BrN4O2/c1-10(24)14-7-12(8-20-14)17(11-4-3-5-13(18)6-11)15(9-23)22(2)16(19)21-17/h3-9,15,20H,1-2H3,(H2,19,21). The number of H-pyrrole nitrogens is 1. The van der Waals surface area contributed by atoms with Crippen LogP contribution in [0.2, 0.25) is 0 Å². The molecule has 1 aromatic heterocycles. The summed E-state index contributed by atoms with van der Waals surface area (Å²) in [4.78, 5) is 32.8. The van der Waals surface area contributed by atoms with E-state index in [1.54, 1.807) is 24.2 Å².